The third kappa shape index (κ3) is 8.93. The fourth-order valence-corrected chi connectivity index (χ4v) is 5.98. The van der Waals surface area contributed by atoms with Gasteiger partial charge in [-0.15, -0.1) is 0 Å². The Morgan fingerprint density at radius 1 is 0.791 bits per heavy atom. The van der Waals surface area contributed by atoms with Gasteiger partial charge in [-0.1, -0.05) is 62.4 Å². The highest BCUT2D eigenvalue weighted by molar-refractivity contribution is 7.87. The van der Waals surface area contributed by atoms with Gasteiger partial charge in [-0.3, -0.25) is 14.6 Å². The summed E-state index contributed by atoms with van der Waals surface area (Å²) in [5.41, 5.74) is 3.92. The minimum atomic E-state index is -3.70. The van der Waals surface area contributed by atoms with Gasteiger partial charge in [-0.25, -0.2) is 13.9 Å². The number of rotatable bonds is 17. The van der Waals surface area contributed by atoms with E-state index >= 15 is 0 Å². The van der Waals surface area contributed by atoms with E-state index in [0.717, 1.165) is 53.7 Å². The van der Waals surface area contributed by atoms with Crippen LogP contribution in [0.4, 0.5) is 0 Å². The van der Waals surface area contributed by atoms with Crippen LogP contribution in [0.25, 0.3) is 0 Å². The van der Waals surface area contributed by atoms with E-state index in [1.165, 1.54) is 36.0 Å². The molecular weight excluding hydrogens is 562 g/mol. The van der Waals surface area contributed by atoms with Gasteiger partial charge in [0.25, 0.3) is 0 Å². The third-order valence-corrected chi connectivity index (χ3v) is 8.99. The van der Waals surface area contributed by atoms with Gasteiger partial charge >= 0.3 is 10.2 Å². The number of nitrogens with one attached hydrogen (secondary N) is 1. The highest BCUT2D eigenvalue weighted by Crippen LogP contribution is 2.17. The number of imidazole rings is 2. The summed E-state index contributed by atoms with van der Waals surface area (Å²) in [7, 11) is -0.714. The molecule has 4 rings (SSSR count). The van der Waals surface area contributed by atoms with E-state index in [4.69, 9.17) is 0 Å². The second kappa shape index (κ2) is 15.2. The van der Waals surface area contributed by atoms with Gasteiger partial charge < -0.3 is 4.98 Å². The molecule has 0 radical (unpaired) electrons. The monoisotopic (exact) mass is 605 g/mol. The molecule has 0 bridgehead atoms. The number of carbonyl (C=O) groups excluding carboxylic acids is 1. The first-order valence-corrected chi connectivity index (χ1v) is 16.2. The Labute approximate surface area is 255 Å². The maximum absolute atomic E-state index is 13.1. The largest absolute Gasteiger partial charge is 0.348 e. The van der Waals surface area contributed by atoms with Gasteiger partial charge in [0.2, 0.25) is 0 Å². The van der Waals surface area contributed by atoms with Gasteiger partial charge in [-0.05, 0) is 42.6 Å². The van der Waals surface area contributed by atoms with Crippen LogP contribution in [0.5, 0.6) is 0 Å². The van der Waals surface area contributed by atoms with Crippen LogP contribution in [-0.2, 0) is 42.8 Å². The fourth-order valence-electron chi connectivity index (χ4n) is 5.05. The van der Waals surface area contributed by atoms with Crippen LogP contribution in [0.15, 0.2) is 73.3 Å². The summed E-state index contributed by atoms with van der Waals surface area (Å²) in [6.45, 7) is 8.79. The Morgan fingerprint density at radius 2 is 1.40 bits per heavy atom. The van der Waals surface area contributed by atoms with Crippen molar-refractivity contribution in [2.24, 2.45) is 0 Å². The summed E-state index contributed by atoms with van der Waals surface area (Å²) < 4.78 is 27.9. The summed E-state index contributed by atoms with van der Waals surface area (Å²) in [4.78, 5) is 29.4. The Balaban J connectivity index is 1.41. The van der Waals surface area contributed by atoms with E-state index in [1.54, 1.807) is 12.4 Å². The van der Waals surface area contributed by atoms with Crippen LogP contribution in [0.1, 0.15) is 65.4 Å². The lowest BCUT2D eigenvalue weighted by Crippen LogP contribution is -2.32. The van der Waals surface area contributed by atoms with E-state index < -0.39 is 10.2 Å². The molecule has 0 aliphatic rings. The molecule has 0 fully saturated rings. The van der Waals surface area contributed by atoms with Crippen LogP contribution < -0.4 is 0 Å². The first-order chi connectivity index (χ1) is 20.7. The highest BCUT2D eigenvalue weighted by Gasteiger charge is 2.22. The number of hydrogen-bond acceptors (Lipinski definition) is 7. The lowest BCUT2D eigenvalue weighted by atomic mass is 10.0. The summed E-state index contributed by atoms with van der Waals surface area (Å²) >= 11 is 0. The predicted octanol–water partition coefficient (Wildman–Crippen LogP) is 4.51. The van der Waals surface area contributed by atoms with Crippen molar-refractivity contribution in [3.8, 4) is 0 Å². The molecule has 0 amide bonds. The van der Waals surface area contributed by atoms with E-state index in [0.29, 0.717) is 30.9 Å². The molecule has 0 spiro atoms. The summed E-state index contributed by atoms with van der Waals surface area (Å²) in [5, 5.41) is 0. The minimum absolute atomic E-state index is 0.0706. The molecule has 1 N–H and O–H groups in total. The molecule has 0 unspecified atom stereocenters. The third-order valence-electron chi connectivity index (χ3n) is 7.24. The first kappa shape index (κ1) is 32.3. The summed E-state index contributed by atoms with van der Waals surface area (Å²) in [6, 6.07) is 16.0. The van der Waals surface area contributed by atoms with Gasteiger partial charge in [0, 0.05) is 64.0 Å². The topological polar surface area (TPSA) is 107 Å². The average Bonchev–Trinajstić information content (AvgIpc) is 3.67. The molecule has 0 aliphatic carbocycles. The van der Waals surface area contributed by atoms with Crippen molar-refractivity contribution in [3.63, 3.8) is 0 Å². The molecule has 43 heavy (non-hydrogen) atoms. The van der Waals surface area contributed by atoms with Crippen molar-refractivity contribution in [1.82, 2.24) is 33.0 Å². The fraction of sp³-hybridized carbons (Fsp3) is 0.406. The van der Waals surface area contributed by atoms with Crippen LogP contribution in [0.3, 0.4) is 0 Å². The lowest BCUT2D eigenvalue weighted by molar-refractivity contribution is 0.0993. The van der Waals surface area contributed by atoms with Crippen molar-refractivity contribution in [2.45, 2.75) is 59.3 Å². The number of nitrogens with zero attached hydrogens (tertiary/aromatic N) is 6. The summed E-state index contributed by atoms with van der Waals surface area (Å²) in [6.07, 6.45) is 9.01. The Bertz CT molecular complexity index is 1520. The molecule has 2 aromatic carbocycles. The number of benzene rings is 2. The maximum atomic E-state index is 13.1. The molecule has 0 saturated carbocycles. The molecule has 4 aromatic rings. The minimum Gasteiger partial charge on any atom is -0.348 e. The molecule has 0 saturated heterocycles. The zero-order valence-corrected chi connectivity index (χ0v) is 26.4. The van der Waals surface area contributed by atoms with Crippen molar-refractivity contribution in [1.29, 1.82) is 0 Å². The van der Waals surface area contributed by atoms with E-state index in [9.17, 15) is 13.2 Å². The maximum Gasteiger partial charge on any atom is 0.308 e. The zero-order valence-electron chi connectivity index (χ0n) is 25.6. The molecule has 10 nitrogen and oxygen atoms in total. The van der Waals surface area contributed by atoms with Gasteiger partial charge in [0.15, 0.2) is 5.78 Å². The van der Waals surface area contributed by atoms with Crippen LogP contribution in [0.2, 0.25) is 0 Å². The standard InChI is InChI=1S/C32H43N7O3S/c1-5-18-37(19-6-2)22-27-9-7-26(8-10-27)21-30(40)29-13-11-28(12-14-29)23-38(24-31-33-15-16-34-31)25-32-35-17-20-39(32)43(41,42)36(3)4/h7-17,20H,5-6,18-19,21-25H2,1-4H3,(H,33,34). The number of ketones is 1. The van der Waals surface area contributed by atoms with Crippen molar-refractivity contribution >= 4 is 16.0 Å². The molecule has 0 aliphatic heterocycles. The molecule has 230 valence electrons. The second-order valence-electron chi connectivity index (χ2n) is 11.0. The number of hydrogen-bond donors (Lipinski definition) is 1. The first-order valence-electron chi connectivity index (χ1n) is 14.8. The van der Waals surface area contributed by atoms with Crippen LogP contribution in [0, 0.1) is 0 Å². The molecule has 11 heteroatoms. The van der Waals surface area contributed by atoms with E-state index in [2.05, 4.69) is 62.9 Å². The van der Waals surface area contributed by atoms with Gasteiger partial charge in [0.05, 0.1) is 13.1 Å². The van der Waals surface area contributed by atoms with Gasteiger partial charge in [0.1, 0.15) is 11.6 Å². The Morgan fingerprint density at radius 3 is 1.98 bits per heavy atom. The van der Waals surface area contributed by atoms with Gasteiger partial charge in [-0.2, -0.15) is 12.7 Å². The zero-order chi connectivity index (χ0) is 30.8. The van der Waals surface area contributed by atoms with Crippen LogP contribution in [-0.4, -0.2) is 74.4 Å². The number of aromatic amines is 1. The Kier molecular flexibility index (Phi) is 11.4. The molecule has 2 aromatic heterocycles. The summed E-state index contributed by atoms with van der Waals surface area (Å²) in [5.74, 6) is 1.23. The number of Topliss-reactive ketones (excluding diaryl/α,β-unsaturated/α-hetero) is 1. The van der Waals surface area contributed by atoms with Crippen molar-refractivity contribution in [2.75, 3.05) is 27.2 Å². The van der Waals surface area contributed by atoms with Crippen molar-refractivity contribution in [3.05, 3.63) is 107 Å². The number of H-pyrrole nitrogens is 1. The number of aromatic nitrogens is 4. The average molecular weight is 606 g/mol. The predicted molar refractivity (Wildman–Crippen MR) is 169 cm³/mol. The lowest BCUT2D eigenvalue weighted by Gasteiger charge is -2.22. The molecule has 2 heterocycles. The quantitative estimate of drug-likeness (QED) is 0.177. The SMILES string of the molecule is CCCN(CCC)Cc1ccc(CC(=O)c2ccc(CN(Cc3ncc[nH]3)Cc3nccn3S(=O)(=O)N(C)C)cc2)cc1. The second-order valence-corrected chi connectivity index (χ2v) is 13.0. The normalized spacial score (nSPS) is 12.1. The van der Waals surface area contributed by atoms with Crippen LogP contribution >= 0.6 is 0 Å². The smallest absolute Gasteiger partial charge is 0.308 e. The Hall–Kier alpha value is -3.64. The van der Waals surface area contributed by atoms with E-state index in [1.807, 2.05) is 24.3 Å². The molecule has 0 atom stereocenters. The number of carbonyl (C=O) groups is 1. The highest BCUT2D eigenvalue weighted by atomic mass is 32.2. The molecular formula is C32H43N7O3S. The van der Waals surface area contributed by atoms with E-state index in [-0.39, 0.29) is 12.3 Å². The van der Waals surface area contributed by atoms with Crippen molar-refractivity contribution < 1.29 is 13.2 Å².